The van der Waals surface area contributed by atoms with Crippen molar-refractivity contribution in [3.05, 3.63) is 29.6 Å². The Hall–Kier alpha value is -1.13. The van der Waals surface area contributed by atoms with Gasteiger partial charge >= 0.3 is 0 Å². The zero-order valence-corrected chi connectivity index (χ0v) is 11.3. The Labute approximate surface area is 108 Å². The van der Waals surface area contributed by atoms with Crippen molar-refractivity contribution < 1.29 is 13.9 Å². The van der Waals surface area contributed by atoms with E-state index in [1.54, 1.807) is 6.07 Å². The molecule has 1 atom stereocenters. The molecular formula is C14H22FNO2. The Morgan fingerprint density at radius 2 is 2.11 bits per heavy atom. The molecule has 0 saturated heterocycles. The molecule has 0 heterocycles. The first kappa shape index (κ1) is 14.9. The monoisotopic (exact) mass is 255 g/mol. The zero-order chi connectivity index (χ0) is 13.4. The van der Waals surface area contributed by atoms with Crippen LogP contribution in [0.5, 0.6) is 5.75 Å². The normalized spacial score (nSPS) is 12.4. The van der Waals surface area contributed by atoms with Gasteiger partial charge in [-0.15, -0.1) is 0 Å². The Kier molecular flexibility index (Phi) is 6.68. The second-order valence-corrected chi connectivity index (χ2v) is 4.08. The molecular weight excluding hydrogens is 233 g/mol. The predicted octanol–water partition coefficient (Wildman–Crippen LogP) is 2.91. The van der Waals surface area contributed by atoms with Crippen LogP contribution >= 0.6 is 0 Å². The van der Waals surface area contributed by atoms with E-state index >= 15 is 0 Å². The van der Waals surface area contributed by atoms with E-state index in [2.05, 4.69) is 12.2 Å². The van der Waals surface area contributed by atoms with Crippen LogP contribution in [0.4, 0.5) is 4.39 Å². The lowest BCUT2D eigenvalue weighted by Gasteiger charge is -2.19. The number of hydrogen-bond donors (Lipinski definition) is 1. The Morgan fingerprint density at radius 3 is 2.67 bits per heavy atom. The van der Waals surface area contributed by atoms with E-state index in [-0.39, 0.29) is 17.6 Å². The van der Waals surface area contributed by atoms with Gasteiger partial charge in [-0.05, 0) is 30.7 Å². The second-order valence-electron chi connectivity index (χ2n) is 4.08. The number of ether oxygens (including phenoxy) is 2. The maximum absolute atomic E-state index is 13.6. The molecule has 18 heavy (non-hydrogen) atoms. The third-order valence-corrected chi connectivity index (χ3v) is 2.66. The summed E-state index contributed by atoms with van der Waals surface area (Å²) in [5.41, 5.74) is 0.881. The molecule has 1 unspecified atom stereocenters. The Balaban J connectivity index is 2.74. The molecule has 0 amide bonds. The molecule has 1 aromatic carbocycles. The van der Waals surface area contributed by atoms with Gasteiger partial charge in [0.05, 0.1) is 19.8 Å². The van der Waals surface area contributed by atoms with Gasteiger partial charge in [0, 0.05) is 6.61 Å². The zero-order valence-electron chi connectivity index (χ0n) is 11.3. The summed E-state index contributed by atoms with van der Waals surface area (Å²) in [6.07, 6.45) is 0.982. The van der Waals surface area contributed by atoms with Crippen molar-refractivity contribution in [2.75, 3.05) is 26.9 Å². The van der Waals surface area contributed by atoms with Gasteiger partial charge in [0.2, 0.25) is 0 Å². The minimum atomic E-state index is -0.339. The minimum Gasteiger partial charge on any atom is -0.494 e. The maximum Gasteiger partial charge on any atom is 0.165 e. The van der Waals surface area contributed by atoms with Crippen LogP contribution in [-0.4, -0.2) is 26.9 Å². The van der Waals surface area contributed by atoms with Crippen molar-refractivity contribution in [2.24, 2.45) is 0 Å². The summed E-state index contributed by atoms with van der Waals surface area (Å²) in [4.78, 5) is 0. The summed E-state index contributed by atoms with van der Waals surface area (Å²) in [6.45, 7) is 6.17. The molecule has 1 aromatic rings. The average Bonchev–Trinajstić information content (AvgIpc) is 2.38. The van der Waals surface area contributed by atoms with Crippen LogP contribution in [0.1, 0.15) is 31.9 Å². The quantitative estimate of drug-likeness (QED) is 0.724. The number of methoxy groups -OCH3 is 1. The van der Waals surface area contributed by atoms with E-state index in [0.29, 0.717) is 6.61 Å². The lowest BCUT2D eigenvalue weighted by molar-refractivity contribution is 0.112. The molecule has 0 aliphatic rings. The van der Waals surface area contributed by atoms with Gasteiger partial charge in [-0.1, -0.05) is 19.9 Å². The number of rotatable bonds is 8. The van der Waals surface area contributed by atoms with Gasteiger partial charge in [-0.3, -0.25) is 0 Å². The minimum absolute atomic E-state index is 0.0157. The third kappa shape index (κ3) is 4.27. The first-order valence-electron chi connectivity index (χ1n) is 6.37. The van der Waals surface area contributed by atoms with Crippen molar-refractivity contribution in [3.63, 3.8) is 0 Å². The molecule has 0 aromatic heterocycles. The van der Waals surface area contributed by atoms with Crippen molar-refractivity contribution in [1.82, 2.24) is 5.32 Å². The Bertz CT molecular complexity index is 358. The van der Waals surface area contributed by atoms with Gasteiger partial charge in [0.25, 0.3) is 0 Å². The highest BCUT2D eigenvalue weighted by atomic mass is 19.1. The number of hydrogen-bond acceptors (Lipinski definition) is 3. The lowest BCUT2D eigenvalue weighted by Crippen LogP contribution is -2.25. The van der Waals surface area contributed by atoms with Crippen LogP contribution in [-0.2, 0) is 4.74 Å². The molecule has 0 spiro atoms. The molecule has 3 nitrogen and oxygen atoms in total. The fourth-order valence-corrected chi connectivity index (χ4v) is 1.76. The van der Waals surface area contributed by atoms with Crippen LogP contribution in [0.3, 0.4) is 0 Å². The van der Waals surface area contributed by atoms with Gasteiger partial charge in [0.1, 0.15) is 0 Å². The van der Waals surface area contributed by atoms with E-state index in [9.17, 15) is 4.39 Å². The van der Waals surface area contributed by atoms with Crippen molar-refractivity contribution >= 4 is 0 Å². The first-order chi connectivity index (χ1) is 8.72. The molecule has 0 radical (unpaired) electrons. The molecule has 4 heteroatoms. The first-order valence-corrected chi connectivity index (χ1v) is 6.37. The predicted molar refractivity (Wildman–Crippen MR) is 70.5 cm³/mol. The van der Waals surface area contributed by atoms with E-state index in [1.807, 2.05) is 13.0 Å². The molecule has 1 N–H and O–H groups in total. The molecule has 0 bridgehead atoms. The molecule has 102 valence electrons. The number of halogens is 1. The van der Waals surface area contributed by atoms with Gasteiger partial charge in [-0.25, -0.2) is 4.39 Å². The summed E-state index contributed by atoms with van der Waals surface area (Å²) in [6, 6.07) is 5.03. The van der Waals surface area contributed by atoms with E-state index in [4.69, 9.17) is 9.47 Å². The van der Waals surface area contributed by atoms with Crippen LogP contribution < -0.4 is 10.1 Å². The molecule has 0 aliphatic carbocycles. The summed E-state index contributed by atoms with van der Waals surface area (Å²) < 4.78 is 24.1. The Morgan fingerprint density at radius 1 is 1.33 bits per heavy atom. The number of likely N-dealkylation sites (N-methyl/N-ethyl adjacent to an activating group) is 1. The van der Waals surface area contributed by atoms with E-state index < -0.39 is 0 Å². The highest BCUT2D eigenvalue weighted by molar-refractivity contribution is 5.31. The van der Waals surface area contributed by atoms with Crippen molar-refractivity contribution in [1.29, 1.82) is 0 Å². The summed E-state index contributed by atoms with van der Waals surface area (Å²) in [5.74, 6) is -0.0723. The maximum atomic E-state index is 13.6. The fraction of sp³-hybridized carbons (Fsp3) is 0.571. The molecule has 1 rings (SSSR count). The highest BCUT2D eigenvalue weighted by Gasteiger charge is 2.13. The SMILES string of the molecule is CCCOCC(NCC)c1ccc(OC)c(F)c1. The van der Waals surface area contributed by atoms with E-state index in [1.165, 1.54) is 13.2 Å². The van der Waals surface area contributed by atoms with Crippen LogP contribution in [0.15, 0.2) is 18.2 Å². The van der Waals surface area contributed by atoms with Crippen molar-refractivity contribution in [3.8, 4) is 5.75 Å². The van der Waals surface area contributed by atoms with Crippen LogP contribution in [0, 0.1) is 5.82 Å². The van der Waals surface area contributed by atoms with Gasteiger partial charge in [-0.2, -0.15) is 0 Å². The summed E-state index contributed by atoms with van der Waals surface area (Å²) in [5, 5.41) is 3.29. The molecule has 0 fully saturated rings. The largest absolute Gasteiger partial charge is 0.494 e. The smallest absolute Gasteiger partial charge is 0.165 e. The third-order valence-electron chi connectivity index (χ3n) is 2.66. The number of benzene rings is 1. The van der Waals surface area contributed by atoms with Gasteiger partial charge in [0.15, 0.2) is 11.6 Å². The second kappa shape index (κ2) is 8.06. The van der Waals surface area contributed by atoms with Crippen LogP contribution in [0.25, 0.3) is 0 Å². The number of nitrogens with one attached hydrogen (secondary N) is 1. The summed E-state index contributed by atoms with van der Waals surface area (Å²) >= 11 is 0. The van der Waals surface area contributed by atoms with Crippen LogP contribution in [0.2, 0.25) is 0 Å². The fourth-order valence-electron chi connectivity index (χ4n) is 1.76. The van der Waals surface area contributed by atoms with E-state index in [0.717, 1.165) is 25.1 Å². The summed E-state index contributed by atoms with van der Waals surface area (Å²) in [7, 11) is 1.46. The van der Waals surface area contributed by atoms with Gasteiger partial charge < -0.3 is 14.8 Å². The lowest BCUT2D eigenvalue weighted by atomic mass is 10.1. The topological polar surface area (TPSA) is 30.5 Å². The van der Waals surface area contributed by atoms with Crippen molar-refractivity contribution in [2.45, 2.75) is 26.3 Å². The highest BCUT2D eigenvalue weighted by Crippen LogP contribution is 2.22. The standard InChI is InChI=1S/C14H22FNO2/c1-4-8-18-10-13(16-5-2)11-6-7-14(17-3)12(15)9-11/h6-7,9,13,16H,4-5,8,10H2,1-3H3. The average molecular weight is 255 g/mol. The molecule has 0 aliphatic heterocycles. The molecule has 0 saturated carbocycles.